The topological polar surface area (TPSA) is 83.5 Å². The van der Waals surface area contributed by atoms with E-state index in [2.05, 4.69) is 4.72 Å². The van der Waals surface area contributed by atoms with Crippen molar-refractivity contribution in [2.75, 3.05) is 6.54 Å². The standard InChI is InChI=1S/C17H16F3NO4S/c18-17(19,20)14-2-1-3-15(11-14)26(24,25)21-9-8-12-4-6-13(7-5-12)10-16(22)23/h1-7,11,21H,8-10H2,(H,22,23). The largest absolute Gasteiger partial charge is 0.481 e. The number of sulfonamides is 1. The van der Waals surface area contributed by atoms with Crippen LogP contribution in [-0.2, 0) is 33.8 Å². The monoisotopic (exact) mass is 387 g/mol. The van der Waals surface area contributed by atoms with Crippen molar-refractivity contribution >= 4 is 16.0 Å². The number of carboxylic acid groups (broad SMARTS) is 1. The molecule has 0 amide bonds. The Kier molecular flexibility index (Phi) is 6.04. The SMILES string of the molecule is O=C(O)Cc1ccc(CCNS(=O)(=O)c2cccc(C(F)(F)F)c2)cc1. The number of aliphatic carboxylic acids is 1. The Balaban J connectivity index is 1.99. The summed E-state index contributed by atoms with van der Waals surface area (Å²) in [5.74, 6) is -0.952. The Morgan fingerprint density at radius 1 is 1.04 bits per heavy atom. The van der Waals surface area contributed by atoms with Gasteiger partial charge in [-0.3, -0.25) is 4.79 Å². The number of benzene rings is 2. The number of rotatable bonds is 7. The lowest BCUT2D eigenvalue weighted by Gasteiger charge is -2.10. The number of carbonyl (C=O) groups is 1. The lowest BCUT2D eigenvalue weighted by Crippen LogP contribution is -2.26. The number of carboxylic acids is 1. The molecule has 2 aromatic rings. The first-order valence-electron chi connectivity index (χ1n) is 7.54. The van der Waals surface area contributed by atoms with E-state index in [0.717, 1.165) is 23.8 Å². The highest BCUT2D eigenvalue weighted by Gasteiger charge is 2.31. The highest BCUT2D eigenvalue weighted by molar-refractivity contribution is 7.89. The van der Waals surface area contributed by atoms with E-state index >= 15 is 0 Å². The molecular weight excluding hydrogens is 371 g/mol. The Morgan fingerprint density at radius 2 is 1.65 bits per heavy atom. The predicted molar refractivity (Wildman–Crippen MR) is 88.1 cm³/mol. The fourth-order valence-corrected chi connectivity index (χ4v) is 3.33. The van der Waals surface area contributed by atoms with Crippen LogP contribution in [-0.4, -0.2) is 26.0 Å². The van der Waals surface area contributed by atoms with E-state index in [0.29, 0.717) is 18.1 Å². The summed E-state index contributed by atoms with van der Waals surface area (Å²) in [7, 11) is -4.06. The number of alkyl halides is 3. The third kappa shape index (κ3) is 5.57. The predicted octanol–water partition coefficient (Wildman–Crippen LogP) is 2.85. The van der Waals surface area contributed by atoms with Gasteiger partial charge in [-0.15, -0.1) is 0 Å². The van der Waals surface area contributed by atoms with E-state index in [9.17, 15) is 26.4 Å². The van der Waals surface area contributed by atoms with Crippen molar-refractivity contribution < 1.29 is 31.5 Å². The number of hydrogen-bond acceptors (Lipinski definition) is 3. The van der Waals surface area contributed by atoms with Gasteiger partial charge in [0, 0.05) is 6.54 Å². The minimum atomic E-state index is -4.62. The normalized spacial score (nSPS) is 12.1. The molecule has 2 N–H and O–H groups in total. The molecule has 2 rings (SSSR count). The Hall–Kier alpha value is -2.39. The van der Waals surface area contributed by atoms with Crippen LogP contribution in [0.1, 0.15) is 16.7 Å². The molecule has 0 aromatic heterocycles. The maximum Gasteiger partial charge on any atom is 0.416 e. The molecule has 0 spiro atoms. The van der Waals surface area contributed by atoms with Gasteiger partial charge in [0.1, 0.15) is 0 Å². The Morgan fingerprint density at radius 3 is 2.23 bits per heavy atom. The van der Waals surface area contributed by atoms with E-state index in [-0.39, 0.29) is 13.0 Å². The second-order valence-electron chi connectivity index (χ2n) is 5.56. The highest BCUT2D eigenvalue weighted by Crippen LogP contribution is 2.30. The van der Waals surface area contributed by atoms with Crippen molar-refractivity contribution in [3.05, 3.63) is 65.2 Å². The van der Waals surface area contributed by atoms with Gasteiger partial charge < -0.3 is 5.11 Å². The maximum absolute atomic E-state index is 12.7. The van der Waals surface area contributed by atoms with Gasteiger partial charge in [0.25, 0.3) is 0 Å². The molecule has 0 aliphatic carbocycles. The first kappa shape index (κ1) is 19.9. The van der Waals surface area contributed by atoms with Crippen LogP contribution in [0.4, 0.5) is 13.2 Å². The minimum absolute atomic E-state index is 0.00312. The lowest BCUT2D eigenvalue weighted by molar-refractivity contribution is -0.138. The summed E-state index contributed by atoms with van der Waals surface area (Å²) in [6, 6.07) is 10.1. The van der Waals surface area contributed by atoms with Crippen LogP contribution in [0.15, 0.2) is 53.4 Å². The first-order valence-corrected chi connectivity index (χ1v) is 9.03. The summed E-state index contributed by atoms with van der Waals surface area (Å²) in [4.78, 5) is 10.2. The summed E-state index contributed by atoms with van der Waals surface area (Å²) in [6.07, 6.45) is -4.42. The summed E-state index contributed by atoms with van der Waals surface area (Å²) in [5.41, 5.74) is 0.353. The van der Waals surface area contributed by atoms with Crippen LogP contribution in [0.5, 0.6) is 0 Å². The molecular formula is C17H16F3NO4S. The highest BCUT2D eigenvalue weighted by atomic mass is 32.2. The van der Waals surface area contributed by atoms with Crippen molar-refractivity contribution in [2.45, 2.75) is 23.9 Å². The quantitative estimate of drug-likeness (QED) is 0.765. The fraction of sp³-hybridized carbons (Fsp3) is 0.235. The van der Waals surface area contributed by atoms with Crippen molar-refractivity contribution in [2.24, 2.45) is 0 Å². The minimum Gasteiger partial charge on any atom is -0.481 e. The average Bonchev–Trinajstić information content (AvgIpc) is 2.55. The molecule has 0 heterocycles. The van der Waals surface area contributed by atoms with Gasteiger partial charge in [0.15, 0.2) is 0 Å². The molecule has 0 fully saturated rings. The molecule has 0 saturated carbocycles. The van der Waals surface area contributed by atoms with Gasteiger partial charge in [0.2, 0.25) is 10.0 Å². The molecule has 0 aliphatic heterocycles. The molecule has 140 valence electrons. The van der Waals surface area contributed by atoms with Gasteiger partial charge in [-0.2, -0.15) is 13.2 Å². The van der Waals surface area contributed by atoms with Crippen LogP contribution in [0.3, 0.4) is 0 Å². The molecule has 9 heteroatoms. The second kappa shape index (κ2) is 7.88. The van der Waals surface area contributed by atoms with Gasteiger partial charge >= 0.3 is 12.1 Å². The molecule has 0 radical (unpaired) electrons. The summed E-state index contributed by atoms with van der Waals surface area (Å²) in [6.45, 7) is -0.00312. The van der Waals surface area contributed by atoms with E-state index in [4.69, 9.17) is 5.11 Å². The molecule has 0 aliphatic rings. The summed E-state index contributed by atoms with van der Waals surface area (Å²) >= 11 is 0. The zero-order valence-corrected chi connectivity index (χ0v) is 14.3. The zero-order valence-electron chi connectivity index (χ0n) is 13.5. The molecule has 0 unspecified atom stereocenters. The number of halogens is 3. The van der Waals surface area contributed by atoms with Crippen LogP contribution in [0, 0.1) is 0 Å². The van der Waals surface area contributed by atoms with Gasteiger partial charge in [-0.05, 0) is 35.7 Å². The molecule has 0 atom stereocenters. The molecule has 5 nitrogen and oxygen atoms in total. The fourth-order valence-electron chi connectivity index (χ4n) is 2.25. The Labute approximate surface area is 148 Å². The van der Waals surface area contributed by atoms with Crippen molar-refractivity contribution in [3.63, 3.8) is 0 Å². The third-order valence-corrected chi connectivity index (χ3v) is 5.01. The van der Waals surface area contributed by atoms with E-state index in [1.165, 1.54) is 0 Å². The van der Waals surface area contributed by atoms with Crippen molar-refractivity contribution in [3.8, 4) is 0 Å². The average molecular weight is 387 g/mol. The maximum atomic E-state index is 12.7. The van der Waals surface area contributed by atoms with Crippen molar-refractivity contribution in [1.29, 1.82) is 0 Å². The van der Waals surface area contributed by atoms with Gasteiger partial charge in [0.05, 0.1) is 16.9 Å². The van der Waals surface area contributed by atoms with Gasteiger partial charge in [-0.1, -0.05) is 30.3 Å². The Bertz CT molecular complexity index is 878. The van der Waals surface area contributed by atoms with Crippen LogP contribution in [0.25, 0.3) is 0 Å². The molecule has 2 aromatic carbocycles. The first-order chi connectivity index (χ1) is 12.1. The van der Waals surface area contributed by atoms with E-state index in [1.54, 1.807) is 24.3 Å². The molecule has 26 heavy (non-hydrogen) atoms. The molecule has 0 saturated heterocycles. The van der Waals surface area contributed by atoms with E-state index < -0.39 is 32.6 Å². The summed E-state index contributed by atoms with van der Waals surface area (Å²) < 4.78 is 64.6. The van der Waals surface area contributed by atoms with Crippen LogP contribution in [0.2, 0.25) is 0 Å². The second-order valence-corrected chi connectivity index (χ2v) is 7.33. The van der Waals surface area contributed by atoms with E-state index in [1.807, 2.05) is 0 Å². The zero-order chi connectivity index (χ0) is 19.4. The number of nitrogens with one attached hydrogen (secondary N) is 1. The molecule has 0 bridgehead atoms. The van der Waals surface area contributed by atoms with Crippen LogP contribution < -0.4 is 4.72 Å². The van der Waals surface area contributed by atoms with Crippen LogP contribution >= 0.6 is 0 Å². The smallest absolute Gasteiger partial charge is 0.416 e. The van der Waals surface area contributed by atoms with Gasteiger partial charge in [-0.25, -0.2) is 13.1 Å². The lowest BCUT2D eigenvalue weighted by atomic mass is 10.1. The third-order valence-electron chi connectivity index (χ3n) is 3.56. The van der Waals surface area contributed by atoms with Crippen molar-refractivity contribution in [1.82, 2.24) is 4.72 Å². The number of hydrogen-bond donors (Lipinski definition) is 2. The summed E-state index contributed by atoms with van der Waals surface area (Å²) in [5, 5.41) is 8.70.